The van der Waals surface area contributed by atoms with Gasteiger partial charge in [-0.3, -0.25) is 9.69 Å². The van der Waals surface area contributed by atoms with Crippen LogP contribution >= 0.6 is 0 Å². The van der Waals surface area contributed by atoms with Crippen LogP contribution in [0.3, 0.4) is 0 Å². The van der Waals surface area contributed by atoms with E-state index in [1.165, 1.54) is 24.8 Å². The maximum absolute atomic E-state index is 12.2. The summed E-state index contributed by atoms with van der Waals surface area (Å²) in [7, 11) is 1.82. The van der Waals surface area contributed by atoms with Crippen molar-refractivity contribution in [2.45, 2.75) is 31.8 Å². The van der Waals surface area contributed by atoms with Gasteiger partial charge in [0.05, 0.1) is 19.3 Å². The standard InChI is InChI=1S/C16H28N4O3/c1-19(12-15(17)21)10-14-11-20(8-9-23-14)16(22)18-7-6-13-4-2-3-5-13/h4,14H,2-3,5-12H2,1H3,(H2,17,21)(H,18,22)/t14-/m1/s1. The number of nitrogens with zero attached hydrogens (tertiary/aromatic N) is 2. The molecule has 2 rings (SSSR count). The largest absolute Gasteiger partial charge is 0.373 e. The van der Waals surface area contributed by atoms with E-state index in [9.17, 15) is 9.59 Å². The summed E-state index contributed by atoms with van der Waals surface area (Å²) in [6.07, 6.45) is 6.73. The molecule has 1 fully saturated rings. The molecule has 0 aromatic carbocycles. The fourth-order valence-electron chi connectivity index (χ4n) is 3.10. The summed E-state index contributed by atoms with van der Waals surface area (Å²) in [6.45, 7) is 3.13. The molecule has 1 heterocycles. The average molecular weight is 324 g/mol. The lowest BCUT2D eigenvalue weighted by atomic mass is 10.2. The molecule has 1 atom stereocenters. The first-order chi connectivity index (χ1) is 11.0. The molecule has 130 valence electrons. The van der Waals surface area contributed by atoms with E-state index in [-0.39, 0.29) is 24.6 Å². The molecule has 1 aliphatic heterocycles. The molecule has 7 heteroatoms. The van der Waals surface area contributed by atoms with Crippen molar-refractivity contribution >= 4 is 11.9 Å². The highest BCUT2D eigenvalue weighted by atomic mass is 16.5. The minimum atomic E-state index is -0.362. The predicted molar refractivity (Wildman–Crippen MR) is 88.0 cm³/mol. The van der Waals surface area contributed by atoms with Crippen LogP contribution in [0.2, 0.25) is 0 Å². The van der Waals surface area contributed by atoms with Crippen molar-refractivity contribution in [2.75, 3.05) is 46.4 Å². The number of carbonyl (C=O) groups excluding carboxylic acids is 2. The van der Waals surface area contributed by atoms with Gasteiger partial charge in [0.1, 0.15) is 0 Å². The number of hydrogen-bond donors (Lipinski definition) is 2. The number of likely N-dealkylation sites (N-methyl/N-ethyl adjacent to an activating group) is 1. The third kappa shape index (κ3) is 6.19. The normalized spacial score (nSPS) is 21.4. The molecule has 0 spiro atoms. The van der Waals surface area contributed by atoms with Crippen LogP contribution in [-0.2, 0) is 9.53 Å². The van der Waals surface area contributed by atoms with Crippen LogP contribution in [0.15, 0.2) is 11.6 Å². The van der Waals surface area contributed by atoms with E-state index >= 15 is 0 Å². The highest BCUT2D eigenvalue weighted by molar-refractivity contribution is 5.76. The summed E-state index contributed by atoms with van der Waals surface area (Å²) in [5.74, 6) is -0.362. The molecule has 0 bridgehead atoms. The van der Waals surface area contributed by atoms with Crippen LogP contribution in [0.1, 0.15) is 25.7 Å². The molecule has 0 aromatic heterocycles. The first-order valence-corrected chi connectivity index (χ1v) is 8.33. The van der Waals surface area contributed by atoms with Gasteiger partial charge in [0.25, 0.3) is 0 Å². The summed E-state index contributed by atoms with van der Waals surface area (Å²) >= 11 is 0. The Balaban J connectivity index is 1.69. The number of rotatable bonds is 7. The second-order valence-electron chi connectivity index (χ2n) is 6.34. The Morgan fingerprint density at radius 2 is 2.35 bits per heavy atom. The van der Waals surface area contributed by atoms with Gasteiger partial charge in [-0.15, -0.1) is 0 Å². The first kappa shape index (κ1) is 17.7. The molecule has 0 radical (unpaired) electrons. The van der Waals surface area contributed by atoms with E-state index < -0.39 is 0 Å². The van der Waals surface area contributed by atoms with Gasteiger partial charge < -0.3 is 20.7 Å². The maximum atomic E-state index is 12.2. The monoisotopic (exact) mass is 324 g/mol. The SMILES string of the molecule is CN(CC(N)=O)C[C@@H]1CN(C(=O)NCCC2=CCCC2)CCO1. The van der Waals surface area contributed by atoms with Crippen molar-refractivity contribution in [2.24, 2.45) is 5.73 Å². The zero-order valence-corrected chi connectivity index (χ0v) is 13.9. The number of urea groups is 1. The van der Waals surface area contributed by atoms with Gasteiger partial charge in [-0.2, -0.15) is 0 Å². The van der Waals surface area contributed by atoms with E-state index in [0.29, 0.717) is 32.8 Å². The van der Waals surface area contributed by atoms with Gasteiger partial charge in [0.15, 0.2) is 0 Å². The van der Waals surface area contributed by atoms with Gasteiger partial charge in [-0.05, 0) is 32.7 Å². The summed E-state index contributed by atoms with van der Waals surface area (Å²) in [6, 6.07) is -0.0329. The van der Waals surface area contributed by atoms with Crippen LogP contribution in [0.5, 0.6) is 0 Å². The van der Waals surface area contributed by atoms with E-state index in [1.54, 1.807) is 4.90 Å². The third-order valence-electron chi connectivity index (χ3n) is 4.22. The second-order valence-corrected chi connectivity index (χ2v) is 6.34. The third-order valence-corrected chi connectivity index (χ3v) is 4.22. The van der Waals surface area contributed by atoms with Crippen molar-refractivity contribution in [3.63, 3.8) is 0 Å². The highest BCUT2D eigenvalue weighted by Crippen LogP contribution is 2.19. The Morgan fingerprint density at radius 3 is 3.04 bits per heavy atom. The molecule has 1 aliphatic carbocycles. The Kier molecular flexibility index (Phi) is 6.85. The predicted octanol–water partition coefficient (Wildman–Crippen LogP) is 0.314. The van der Waals surface area contributed by atoms with E-state index in [4.69, 9.17) is 10.5 Å². The number of hydrogen-bond acceptors (Lipinski definition) is 4. The van der Waals surface area contributed by atoms with Crippen LogP contribution in [0.4, 0.5) is 4.79 Å². The van der Waals surface area contributed by atoms with Gasteiger partial charge in [0, 0.05) is 26.2 Å². The smallest absolute Gasteiger partial charge is 0.317 e. The fourth-order valence-corrected chi connectivity index (χ4v) is 3.10. The van der Waals surface area contributed by atoms with Crippen molar-refractivity contribution in [3.8, 4) is 0 Å². The highest BCUT2D eigenvalue weighted by Gasteiger charge is 2.25. The zero-order chi connectivity index (χ0) is 16.7. The minimum absolute atomic E-state index is 0.0329. The van der Waals surface area contributed by atoms with Gasteiger partial charge in [-0.25, -0.2) is 4.79 Å². The maximum Gasteiger partial charge on any atom is 0.317 e. The van der Waals surface area contributed by atoms with Crippen LogP contribution < -0.4 is 11.1 Å². The lowest BCUT2D eigenvalue weighted by Gasteiger charge is -2.34. The van der Waals surface area contributed by atoms with Crippen molar-refractivity contribution in [1.82, 2.24) is 15.1 Å². The van der Waals surface area contributed by atoms with Crippen molar-refractivity contribution < 1.29 is 14.3 Å². The number of ether oxygens (including phenoxy) is 1. The van der Waals surface area contributed by atoms with Crippen LogP contribution in [-0.4, -0.2) is 74.2 Å². The Labute approximate surface area is 137 Å². The zero-order valence-electron chi connectivity index (χ0n) is 13.9. The number of nitrogens with one attached hydrogen (secondary N) is 1. The number of nitrogens with two attached hydrogens (primary N) is 1. The molecule has 0 aromatic rings. The lowest BCUT2D eigenvalue weighted by Crippen LogP contribution is -2.52. The van der Waals surface area contributed by atoms with E-state index in [2.05, 4.69) is 11.4 Å². The molecular weight excluding hydrogens is 296 g/mol. The van der Waals surface area contributed by atoms with E-state index in [0.717, 1.165) is 6.42 Å². The lowest BCUT2D eigenvalue weighted by molar-refractivity contribution is -0.119. The summed E-state index contributed by atoms with van der Waals surface area (Å²) in [5.41, 5.74) is 6.64. The van der Waals surface area contributed by atoms with Gasteiger partial charge in [0.2, 0.25) is 5.91 Å². The van der Waals surface area contributed by atoms with Gasteiger partial charge in [-0.1, -0.05) is 11.6 Å². The molecule has 0 saturated carbocycles. The topological polar surface area (TPSA) is 87.9 Å². The summed E-state index contributed by atoms with van der Waals surface area (Å²) in [4.78, 5) is 26.8. The quantitative estimate of drug-likeness (QED) is 0.660. The molecule has 7 nitrogen and oxygen atoms in total. The van der Waals surface area contributed by atoms with Crippen molar-refractivity contribution in [3.05, 3.63) is 11.6 Å². The molecule has 3 N–H and O–H groups in total. The molecule has 0 unspecified atom stereocenters. The Bertz CT molecular complexity index is 453. The number of amides is 3. The molecule has 2 aliphatic rings. The summed E-state index contributed by atoms with van der Waals surface area (Å²) < 4.78 is 5.67. The number of morpholine rings is 1. The molecule has 23 heavy (non-hydrogen) atoms. The second kappa shape index (κ2) is 8.88. The first-order valence-electron chi connectivity index (χ1n) is 8.33. The summed E-state index contributed by atoms with van der Waals surface area (Å²) in [5, 5.41) is 2.99. The number of primary amides is 1. The molecule has 3 amide bonds. The number of carbonyl (C=O) groups is 2. The average Bonchev–Trinajstić information content (AvgIpc) is 2.99. The Hall–Kier alpha value is -1.60. The van der Waals surface area contributed by atoms with Crippen molar-refractivity contribution in [1.29, 1.82) is 0 Å². The number of allylic oxidation sites excluding steroid dienone is 1. The van der Waals surface area contributed by atoms with E-state index in [1.807, 2.05) is 11.9 Å². The molecular formula is C16H28N4O3. The molecule has 1 saturated heterocycles. The fraction of sp³-hybridized carbons (Fsp3) is 0.750. The Morgan fingerprint density at radius 1 is 1.52 bits per heavy atom. The minimum Gasteiger partial charge on any atom is -0.373 e. The van der Waals surface area contributed by atoms with Gasteiger partial charge >= 0.3 is 6.03 Å². The van der Waals surface area contributed by atoms with Crippen LogP contribution in [0, 0.1) is 0 Å². The van der Waals surface area contributed by atoms with Crippen LogP contribution in [0.25, 0.3) is 0 Å².